The van der Waals surface area contributed by atoms with Gasteiger partial charge in [0.2, 0.25) is 0 Å². The van der Waals surface area contributed by atoms with Crippen molar-refractivity contribution in [2.45, 2.75) is 39.5 Å². The van der Waals surface area contributed by atoms with Crippen molar-refractivity contribution in [3.63, 3.8) is 0 Å². The first kappa shape index (κ1) is 13.6. The molecular formula is C15H20N2O2. The summed E-state index contributed by atoms with van der Waals surface area (Å²) >= 11 is 0. The molecule has 2 rings (SSSR count). The molecule has 0 unspecified atom stereocenters. The maximum absolute atomic E-state index is 9.68. The molecule has 0 fully saturated rings. The second-order valence-electron chi connectivity index (χ2n) is 4.88. The molecule has 1 atom stereocenters. The van der Waals surface area contributed by atoms with Gasteiger partial charge in [0.15, 0.2) is 0 Å². The van der Waals surface area contributed by atoms with Crippen molar-refractivity contribution >= 4 is 0 Å². The molecule has 0 aliphatic heterocycles. The average Bonchev–Trinajstić information content (AvgIpc) is 2.85. The third kappa shape index (κ3) is 3.35. The van der Waals surface area contributed by atoms with Gasteiger partial charge in [-0.15, -0.1) is 0 Å². The van der Waals surface area contributed by atoms with E-state index in [0.29, 0.717) is 18.4 Å². The summed E-state index contributed by atoms with van der Waals surface area (Å²) in [5, 5.41) is 14.1. The predicted molar refractivity (Wildman–Crippen MR) is 74.0 cm³/mol. The van der Waals surface area contributed by atoms with E-state index in [1.54, 1.807) is 6.92 Å². The smallest absolute Gasteiger partial charge is 0.132 e. The monoisotopic (exact) mass is 260 g/mol. The lowest BCUT2D eigenvalue weighted by molar-refractivity contribution is 0.189. The van der Waals surface area contributed by atoms with Crippen molar-refractivity contribution in [2.75, 3.05) is 0 Å². The zero-order valence-corrected chi connectivity index (χ0v) is 11.6. The summed E-state index contributed by atoms with van der Waals surface area (Å²) in [6, 6.07) is 9.81. The number of aliphatic hydroxyl groups is 1. The van der Waals surface area contributed by atoms with Crippen molar-refractivity contribution in [3.05, 3.63) is 47.8 Å². The minimum Gasteiger partial charge on any atom is -0.487 e. The normalized spacial score (nSPS) is 12.7. The Kier molecular flexibility index (Phi) is 4.22. The quantitative estimate of drug-likeness (QED) is 0.898. The lowest BCUT2D eigenvalue weighted by Crippen LogP contribution is -2.04. The third-order valence-corrected chi connectivity index (χ3v) is 2.94. The standard InChI is InChI=1S/C15H20N2O2/c1-11(2)17-9-8-13(16-17)10-19-15-7-5-4-6-14(15)12(3)18/h4-9,11-12,18H,10H2,1-3H3/t12-/m0/s1. The Morgan fingerprint density at radius 1 is 1.21 bits per heavy atom. The fourth-order valence-electron chi connectivity index (χ4n) is 1.85. The summed E-state index contributed by atoms with van der Waals surface area (Å²) < 4.78 is 7.64. The molecule has 1 aromatic carbocycles. The molecular weight excluding hydrogens is 240 g/mol. The second-order valence-corrected chi connectivity index (χ2v) is 4.88. The van der Waals surface area contributed by atoms with E-state index in [0.717, 1.165) is 11.3 Å². The molecule has 0 saturated carbocycles. The first-order chi connectivity index (χ1) is 9.08. The number of nitrogens with zero attached hydrogens (tertiary/aromatic N) is 2. The lowest BCUT2D eigenvalue weighted by Gasteiger charge is -2.12. The van der Waals surface area contributed by atoms with Crippen LogP contribution in [0.3, 0.4) is 0 Å². The van der Waals surface area contributed by atoms with Crippen molar-refractivity contribution < 1.29 is 9.84 Å². The molecule has 1 N–H and O–H groups in total. The molecule has 1 aromatic heterocycles. The van der Waals surface area contributed by atoms with Crippen molar-refractivity contribution in [3.8, 4) is 5.75 Å². The number of para-hydroxylation sites is 1. The Balaban J connectivity index is 2.06. The van der Waals surface area contributed by atoms with Gasteiger partial charge in [-0.2, -0.15) is 5.10 Å². The molecule has 0 amide bonds. The van der Waals surface area contributed by atoms with Crippen LogP contribution in [0.4, 0.5) is 0 Å². The molecule has 4 heteroatoms. The summed E-state index contributed by atoms with van der Waals surface area (Å²) in [7, 11) is 0. The number of rotatable bonds is 5. The van der Waals surface area contributed by atoms with Gasteiger partial charge in [-0.1, -0.05) is 18.2 Å². The van der Waals surface area contributed by atoms with Crippen LogP contribution in [-0.2, 0) is 6.61 Å². The molecule has 0 saturated heterocycles. The van der Waals surface area contributed by atoms with Crippen LogP contribution in [0.5, 0.6) is 5.75 Å². The van der Waals surface area contributed by atoms with Gasteiger partial charge in [0.1, 0.15) is 12.4 Å². The summed E-state index contributed by atoms with van der Waals surface area (Å²) in [4.78, 5) is 0. The van der Waals surface area contributed by atoms with E-state index in [1.165, 1.54) is 0 Å². The third-order valence-electron chi connectivity index (χ3n) is 2.94. The van der Waals surface area contributed by atoms with E-state index in [2.05, 4.69) is 18.9 Å². The van der Waals surface area contributed by atoms with Crippen molar-refractivity contribution in [2.24, 2.45) is 0 Å². The molecule has 2 aromatic rings. The molecule has 0 radical (unpaired) electrons. The van der Waals surface area contributed by atoms with Gasteiger partial charge in [-0.3, -0.25) is 4.68 Å². The second kappa shape index (κ2) is 5.89. The highest BCUT2D eigenvalue weighted by Crippen LogP contribution is 2.25. The highest BCUT2D eigenvalue weighted by molar-refractivity contribution is 5.34. The molecule has 0 bridgehead atoms. The van der Waals surface area contributed by atoms with Crippen LogP contribution in [0.2, 0.25) is 0 Å². The predicted octanol–water partition coefficient (Wildman–Crippen LogP) is 3.10. The maximum atomic E-state index is 9.68. The van der Waals surface area contributed by atoms with Gasteiger partial charge in [-0.05, 0) is 32.9 Å². The zero-order chi connectivity index (χ0) is 13.8. The fourth-order valence-corrected chi connectivity index (χ4v) is 1.85. The van der Waals surface area contributed by atoms with Gasteiger partial charge in [0, 0.05) is 17.8 Å². The number of ether oxygens (including phenoxy) is 1. The largest absolute Gasteiger partial charge is 0.487 e. The van der Waals surface area contributed by atoms with Crippen LogP contribution in [0.25, 0.3) is 0 Å². The summed E-state index contributed by atoms with van der Waals surface area (Å²) in [6.07, 6.45) is 1.41. The van der Waals surface area contributed by atoms with Gasteiger partial charge < -0.3 is 9.84 Å². The Bertz CT molecular complexity index is 532. The van der Waals surface area contributed by atoms with Gasteiger partial charge in [-0.25, -0.2) is 0 Å². The zero-order valence-electron chi connectivity index (χ0n) is 11.6. The minimum absolute atomic E-state index is 0.346. The number of aliphatic hydroxyl groups excluding tert-OH is 1. The first-order valence-electron chi connectivity index (χ1n) is 6.51. The van der Waals surface area contributed by atoms with E-state index in [4.69, 9.17) is 4.74 Å². The van der Waals surface area contributed by atoms with Crippen molar-refractivity contribution in [1.29, 1.82) is 0 Å². The topological polar surface area (TPSA) is 47.3 Å². The Morgan fingerprint density at radius 3 is 2.58 bits per heavy atom. The fraction of sp³-hybridized carbons (Fsp3) is 0.400. The van der Waals surface area contributed by atoms with E-state index in [9.17, 15) is 5.11 Å². The Labute approximate surface area is 113 Å². The van der Waals surface area contributed by atoms with Crippen LogP contribution < -0.4 is 4.74 Å². The van der Waals surface area contributed by atoms with Gasteiger partial charge >= 0.3 is 0 Å². The summed E-state index contributed by atoms with van der Waals surface area (Å²) in [6.45, 7) is 6.31. The van der Waals surface area contributed by atoms with Gasteiger partial charge in [0.05, 0.1) is 11.8 Å². The molecule has 0 spiro atoms. The average molecular weight is 260 g/mol. The van der Waals surface area contributed by atoms with Gasteiger partial charge in [0.25, 0.3) is 0 Å². The van der Waals surface area contributed by atoms with Crippen LogP contribution in [0.1, 0.15) is 44.2 Å². The maximum Gasteiger partial charge on any atom is 0.132 e. The Morgan fingerprint density at radius 2 is 1.95 bits per heavy atom. The summed E-state index contributed by atoms with van der Waals surface area (Å²) in [5.74, 6) is 0.705. The van der Waals surface area contributed by atoms with E-state index in [-0.39, 0.29) is 0 Å². The van der Waals surface area contributed by atoms with E-state index >= 15 is 0 Å². The lowest BCUT2D eigenvalue weighted by atomic mass is 10.1. The van der Waals surface area contributed by atoms with Crippen LogP contribution in [0, 0.1) is 0 Å². The van der Waals surface area contributed by atoms with Crippen LogP contribution >= 0.6 is 0 Å². The molecule has 0 aliphatic carbocycles. The number of hydrogen-bond donors (Lipinski definition) is 1. The SMILES string of the molecule is CC(C)n1ccc(COc2ccccc2[C@H](C)O)n1. The Hall–Kier alpha value is -1.81. The molecule has 4 nitrogen and oxygen atoms in total. The van der Waals surface area contributed by atoms with Crippen LogP contribution in [0.15, 0.2) is 36.5 Å². The highest BCUT2D eigenvalue weighted by Gasteiger charge is 2.09. The molecule has 1 heterocycles. The first-order valence-corrected chi connectivity index (χ1v) is 6.51. The number of aromatic nitrogens is 2. The number of benzene rings is 1. The molecule has 102 valence electrons. The van der Waals surface area contributed by atoms with Crippen molar-refractivity contribution in [1.82, 2.24) is 9.78 Å². The number of hydrogen-bond acceptors (Lipinski definition) is 3. The van der Waals surface area contributed by atoms with E-state index in [1.807, 2.05) is 41.2 Å². The minimum atomic E-state index is -0.538. The van der Waals surface area contributed by atoms with Crippen LogP contribution in [-0.4, -0.2) is 14.9 Å². The molecule has 19 heavy (non-hydrogen) atoms. The highest BCUT2D eigenvalue weighted by atomic mass is 16.5. The summed E-state index contributed by atoms with van der Waals surface area (Å²) in [5.41, 5.74) is 1.68. The van der Waals surface area contributed by atoms with E-state index < -0.39 is 6.10 Å². The molecule has 0 aliphatic rings.